The number of carbonyl (C=O) groups is 2. The number of hydrogen-bond donors (Lipinski definition) is 4. The Morgan fingerprint density at radius 1 is 1.33 bits per heavy atom. The normalized spacial score (nSPS) is 14.4. The zero-order valence-corrected chi connectivity index (χ0v) is 16.1. The second-order valence-electron chi connectivity index (χ2n) is 7.15. The van der Waals surface area contributed by atoms with Gasteiger partial charge in [0.25, 0.3) is 0 Å². The van der Waals surface area contributed by atoms with Crippen LogP contribution in [0.15, 0.2) is 18.2 Å². The molecule has 2 rings (SSSR count). The summed E-state index contributed by atoms with van der Waals surface area (Å²) in [6.45, 7) is 4.61. The van der Waals surface area contributed by atoms with Crippen LogP contribution in [-0.2, 0) is 17.8 Å². The smallest absolute Gasteiger partial charge is 0.475 e. The fraction of sp³-hybridized carbons (Fsp3) is 0.556. The first-order chi connectivity index (χ1) is 12.8. The van der Waals surface area contributed by atoms with Crippen molar-refractivity contribution in [2.45, 2.75) is 39.2 Å². The molecular weight excluding hydrogens is 349 g/mol. The van der Waals surface area contributed by atoms with Crippen molar-refractivity contribution < 1.29 is 24.4 Å². The molecule has 0 spiro atoms. The summed E-state index contributed by atoms with van der Waals surface area (Å²) in [5.74, 6) is -0.201. The molecule has 0 saturated heterocycles. The Morgan fingerprint density at radius 2 is 2.07 bits per heavy atom. The highest BCUT2D eigenvalue weighted by atomic mass is 16.5. The molecule has 4 N–H and O–H groups in total. The highest BCUT2D eigenvalue weighted by Crippen LogP contribution is 2.27. The molecule has 148 valence electrons. The summed E-state index contributed by atoms with van der Waals surface area (Å²) in [5, 5.41) is 23.9. The molecule has 1 aromatic rings. The number of hydrogen-bond acceptors (Lipinski definition) is 5. The highest BCUT2D eigenvalue weighted by molar-refractivity contribution is 6.43. The van der Waals surface area contributed by atoms with E-state index in [2.05, 4.69) is 10.6 Å². The average Bonchev–Trinajstić information content (AvgIpc) is 2.64. The fourth-order valence-electron chi connectivity index (χ4n) is 3.23. The summed E-state index contributed by atoms with van der Waals surface area (Å²) in [4.78, 5) is 26.0. The number of nitrogens with zero attached hydrogens (tertiary/aromatic N) is 1. The van der Waals surface area contributed by atoms with Gasteiger partial charge in [0, 0.05) is 18.7 Å². The van der Waals surface area contributed by atoms with Gasteiger partial charge in [0.1, 0.15) is 5.75 Å². The van der Waals surface area contributed by atoms with Gasteiger partial charge in [-0.15, -0.1) is 0 Å². The molecule has 0 aromatic heterocycles. The van der Waals surface area contributed by atoms with Gasteiger partial charge >= 0.3 is 13.1 Å². The standard InChI is InChI=1S/C18H28BN3O5/c1-12(2)9-16(19(25)26)21-17(23)10-20-18(24)22-8-7-14-13(11-22)5-4-6-15(14)27-3/h4-6,12,16,25-26H,7-11H2,1-3H3,(H,20,24)(H,21,23). The van der Waals surface area contributed by atoms with E-state index in [0.717, 1.165) is 16.9 Å². The number of nitrogens with one attached hydrogen (secondary N) is 2. The number of fused-ring (bicyclic) bond motifs is 1. The predicted molar refractivity (Wildman–Crippen MR) is 102 cm³/mol. The summed E-state index contributed by atoms with van der Waals surface area (Å²) in [7, 11) is -0.0102. The van der Waals surface area contributed by atoms with Crippen LogP contribution in [0.25, 0.3) is 0 Å². The van der Waals surface area contributed by atoms with Gasteiger partial charge in [-0.1, -0.05) is 26.0 Å². The summed E-state index contributed by atoms with van der Waals surface area (Å²) in [5.41, 5.74) is 2.14. The zero-order chi connectivity index (χ0) is 20.0. The van der Waals surface area contributed by atoms with Gasteiger partial charge in [0.15, 0.2) is 0 Å². The quantitative estimate of drug-likeness (QED) is 0.511. The van der Waals surface area contributed by atoms with E-state index < -0.39 is 19.0 Å². The maximum atomic E-state index is 12.4. The third kappa shape index (κ3) is 5.87. The minimum atomic E-state index is -1.64. The zero-order valence-electron chi connectivity index (χ0n) is 16.1. The third-order valence-electron chi connectivity index (χ3n) is 4.56. The Balaban J connectivity index is 1.86. The Labute approximate surface area is 160 Å². The lowest BCUT2D eigenvalue weighted by Crippen LogP contribution is -2.51. The molecule has 1 aromatic carbocycles. The van der Waals surface area contributed by atoms with Crippen LogP contribution in [0.5, 0.6) is 5.75 Å². The number of urea groups is 1. The van der Waals surface area contributed by atoms with Gasteiger partial charge in [-0.3, -0.25) is 4.79 Å². The number of carbonyl (C=O) groups excluding carboxylic acids is 2. The summed E-state index contributed by atoms with van der Waals surface area (Å²) >= 11 is 0. The Kier molecular flexibility index (Phi) is 7.50. The van der Waals surface area contributed by atoms with Crippen molar-refractivity contribution in [3.63, 3.8) is 0 Å². The minimum absolute atomic E-state index is 0.192. The maximum Gasteiger partial charge on any atom is 0.475 e. The number of methoxy groups -OCH3 is 1. The molecule has 1 aliphatic rings. The van der Waals surface area contributed by atoms with Crippen molar-refractivity contribution in [1.29, 1.82) is 0 Å². The SMILES string of the molecule is COc1cccc2c1CCN(C(=O)NCC(=O)NC(CC(C)C)B(O)O)C2. The number of amides is 3. The van der Waals surface area contributed by atoms with Crippen LogP contribution in [0, 0.1) is 5.92 Å². The molecule has 27 heavy (non-hydrogen) atoms. The van der Waals surface area contributed by atoms with E-state index in [0.29, 0.717) is 25.9 Å². The van der Waals surface area contributed by atoms with Gasteiger partial charge in [-0.05, 0) is 30.4 Å². The van der Waals surface area contributed by atoms with Gasteiger partial charge in [-0.2, -0.15) is 0 Å². The van der Waals surface area contributed by atoms with Crippen LogP contribution >= 0.6 is 0 Å². The van der Waals surface area contributed by atoms with E-state index in [4.69, 9.17) is 4.74 Å². The largest absolute Gasteiger partial charge is 0.496 e. The number of ether oxygens (including phenoxy) is 1. The second-order valence-corrected chi connectivity index (χ2v) is 7.15. The minimum Gasteiger partial charge on any atom is -0.496 e. The topological polar surface area (TPSA) is 111 Å². The molecule has 1 unspecified atom stereocenters. The van der Waals surface area contributed by atoms with Crippen LogP contribution in [-0.4, -0.2) is 60.1 Å². The van der Waals surface area contributed by atoms with Gasteiger partial charge < -0.3 is 30.3 Å². The Morgan fingerprint density at radius 3 is 2.70 bits per heavy atom. The van der Waals surface area contributed by atoms with E-state index in [1.807, 2.05) is 32.0 Å². The molecule has 1 aliphatic heterocycles. The van der Waals surface area contributed by atoms with Crippen LogP contribution in [0.2, 0.25) is 0 Å². The molecule has 3 amide bonds. The van der Waals surface area contributed by atoms with Crippen molar-refractivity contribution in [2.75, 3.05) is 20.2 Å². The Hall–Kier alpha value is -2.26. The summed E-state index contributed by atoms with van der Waals surface area (Å²) in [6.07, 6.45) is 1.12. The van der Waals surface area contributed by atoms with Crippen LogP contribution in [0.3, 0.4) is 0 Å². The molecule has 0 aliphatic carbocycles. The van der Waals surface area contributed by atoms with E-state index in [1.165, 1.54) is 0 Å². The molecular formula is C18H28BN3O5. The lowest BCUT2D eigenvalue weighted by molar-refractivity contribution is -0.120. The third-order valence-corrected chi connectivity index (χ3v) is 4.56. The van der Waals surface area contributed by atoms with E-state index >= 15 is 0 Å². The molecule has 1 heterocycles. The van der Waals surface area contributed by atoms with Crippen LogP contribution in [0.1, 0.15) is 31.4 Å². The van der Waals surface area contributed by atoms with Crippen molar-refractivity contribution in [3.05, 3.63) is 29.3 Å². The number of benzene rings is 1. The predicted octanol–water partition coefficient (Wildman–Crippen LogP) is 0.306. The lowest BCUT2D eigenvalue weighted by Gasteiger charge is -2.30. The first-order valence-electron chi connectivity index (χ1n) is 9.14. The van der Waals surface area contributed by atoms with Crippen molar-refractivity contribution in [1.82, 2.24) is 15.5 Å². The first-order valence-corrected chi connectivity index (χ1v) is 9.14. The van der Waals surface area contributed by atoms with Crippen LogP contribution in [0.4, 0.5) is 4.79 Å². The van der Waals surface area contributed by atoms with E-state index in [9.17, 15) is 19.6 Å². The lowest BCUT2D eigenvalue weighted by atomic mass is 9.75. The molecule has 1 atom stereocenters. The monoisotopic (exact) mass is 377 g/mol. The van der Waals surface area contributed by atoms with E-state index in [-0.39, 0.29) is 18.5 Å². The van der Waals surface area contributed by atoms with Crippen molar-refractivity contribution in [2.24, 2.45) is 5.92 Å². The maximum absolute atomic E-state index is 12.4. The molecule has 8 nitrogen and oxygen atoms in total. The van der Waals surface area contributed by atoms with Crippen molar-refractivity contribution in [3.8, 4) is 5.75 Å². The summed E-state index contributed by atoms with van der Waals surface area (Å²) < 4.78 is 5.36. The van der Waals surface area contributed by atoms with Crippen molar-refractivity contribution >= 4 is 19.1 Å². The highest BCUT2D eigenvalue weighted by Gasteiger charge is 2.27. The molecule has 9 heteroatoms. The molecule has 0 fully saturated rings. The molecule has 0 saturated carbocycles. The van der Waals surface area contributed by atoms with Gasteiger partial charge in [0.05, 0.1) is 19.6 Å². The van der Waals surface area contributed by atoms with Gasteiger partial charge in [0.2, 0.25) is 5.91 Å². The second kappa shape index (κ2) is 9.61. The van der Waals surface area contributed by atoms with E-state index in [1.54, 1.807) is 12.0 Å². The first kappa shape index (κ1) is 21.0. The molecule has 0 radical (unpaired) electrons. The molecule has 0 bridgehead atoms. The van der Waals surface area contributed by atoms with Gasteiger partial charge in [-0.25, -0.2) is 4.79 Å². The Bertz CT molecular complexity index is 668. The fourth-order valence-corrected chi connectivity index (χ4v) is 3.23. The summed E-state index contributed by atoms with van der Waals surface area (Å²) in [6, 6.07) is 5.43. The van der Waals surface area contributed by atoms with Crippen LogP contribution < -0.4 is 15.4 Å². The number of rotatable bonds is 7. The average molecular weight is 377 g/mol.